The normalized spacial score (nSPS) is 10.8. The number of benzene rings is 2. The van der Waals surface area contributed by atoms with Gasteiger partial charge in [-0.1, -0.05) is 30.3 Å². The molecule has 0 aliphatic heterocycles. The summed E-state index contributed by atoms with van der Waals surface area (Å²) >= 11 is 6.77. The van der Waals surface area contributed by atoms with Crippen molar-refractivity contribution >= 4 is 48.8 Å². The van der Waals surface area contributed by atoms with E-state index in [2.05, 4.69) is 31.9 Å². The number of hydrogen-bond acceptors (Lipinski definition) is 4. The van der Waals surface area contributed by atoms with Gasteiger partial charge in [-0.15, -0.1) is 0 Å². The summed E-state index contributed by atoms with van der Waals surface area (Å²) in [7, 11) is 0. The maximum absolute atomic E-state index is 12.5. The highest BCUT2D eigenvalue weighted by Crippen LogP contribution is 2.41. The highest BCUT2D eigenvalue weighted by Gasteiger charge is 2.20. The third-order valence-electron chi connectivity index (χ3n) is 3.62. The predicted molar refractivity (Wildman–Crippen MR) is 99.4 cm³/mol. The van der Waals surface area contributed by atoms with Crippen LogP contribution in [0.25, 0.3) is 22.1 Å². The summed E-state index contributed by atoms with van der Waals surface area (Å²) in [5.74, 6) is -0.180. The molecular formula is C18H12Br2O4. The van der Waals surface area contributed by atoms with Gasteiger partial charge in [-0.2, -0.15) is 0 Å². The van der Waals surface area contributed by atoms with E-state index in [9.17, 15) is 9.59 Å². The third kappa shape index (κ3) is 2.91. The predicted octanol–water partition coefficient (Wildman–Crippen LogP) is 5.22. The van der Waals surface area contributed by atoms with Gasteiger partial charge < -0.3 is 9.15 Å². The van der Waals surface area contributed by atoms with Crippen molar-refractivity contribution in [3.8, 4) is 16.9 Å². The van der Waals surface area contributed by atoms with E-state index >= 15 is 0 Å². The summed E-state index contributed by atoms with van der Waals surface area (Å²) in [6.07, 6.45) is 0. The minimum absolute atomic E-state index is 0.282. The van der Waals surface area contributed by atoms with Gasteiger partial charge in [-0.25, -0.2) is 4.79 Å². The number of rotatable bonds is 2. The van der Waals surface area contributed by atoms with Gasteiger partial charge in [-0.3, -0.25) is 4.79 Å². The molecule has 0 bridgehead atoms. The molecule has 3 aromatic rings. The quantitative estimate of drug-likeness (QED) is 0.304. The van der Waals surface area contributed by atoms with Crippen molar-refractivity contribution in [2.75, 3.05) is 0 Å². The van der Waals surface area contributed by atoms with E-state index in [4.69, 9.17) is 9.15 Å². The van der Waals surface area contributed by atoms with E-state index in [1.165, 1.54) is 6.92 Å². The van der Waals surface area contributed by atoms with Crippen LogP contribution in [0.2, 0.25) is 0 Å². The second-order valence-electron chi connectivity index (χ2n) is 5.23. The average molecular weight is 452 g/mol. The fraction of sp³-hybridized carbons (Fsp3) is 0.111. The fourth-order valence-electron chi connectivity index (χ4n) is 2.57. The second-order valence-corrected chi connectivity index (χ2v) is 6.87. The van der Waals surface area contributed by atoms with E-state index in [0.29, 0.717) is 20.1 Å². The molecule has 3 rings (SSSR count). The lowest BCUT2D eigenvalue weighted by Crippen LogP contribution is -2.08. The lowest BCUT2D eigenvalue weighted by molar-refractivity contribution is -0.131. The summed E-state index contributed by atoms with van der Waals surface area (Å²) in [6.45, 7) is 3.18. The van der Waals surface area contributed by atoms with Crippen molar-refractivity contribution in [1.29, 1.82) is 0 Å². The number of halogens is 2. The summed E-state index contributed by atoms with van der Waals surface area (Å²) in [5.41, 5.74) is 2.01. The van der Waals surface area contributed by atoms with E-state index in [1.54, 1.807) is 6.07 Å². The maximum atomic E-state index is 12.5. The zero-order chi connectivity index (χ0) is 17.4. The van der Waals surface area contributed by atoms with Crippen LogP contribution >= 0.6 is 31.9 Å². The van der Waals surface area contributed by atoms with Crippen molar-refractivity contribution in [2.45, 2.75) is 13.8 Å². The topological polar surface area (TPSA) is 56.5 Å². The molecule has 1 heterocycles. The third-order valence-corrected chi connectivity index (χ3v) is 4.93. The Morgan fingerprint density at radius 1 is 1.17 bits per heavy atom. The van der Waals surface area contributed by atoms with Crippen LogP contribution in [-0.4, -0.2) is 5.97 Å². The molecule has 0 unspecified atom stereocenters. The second kappa shape index (κ2) is 6.53. The van der Waals surface area contributed by atoms with Gasteiger partial charge in [0.15, 0.2) is 11.3 Å². The number of ether oxygens (including phenoxy) is 1. The van der Waals surface area contributed by atoms with Gasteiger partial charge >= 0.3 is 11.6 Å². The molecule has 4 nitrogen and oxygen atoms in total. The van der Waals surface area contributed by atoms with Gasteiger partial charge in [0, 0.05) is 12.3 Å². The molecule has 0 atom stereocenters. The molecule has 0 saturated heterocycles. The average Bonchev–Trinajstić information content (AvgIpc) is 2.54. The molecule has 2 aromatic carbocycles. The van der Waals surface area contributed by atoms with E-state index in [1.807, 2.05) is 37.3 Å². The summed E-state index contributed by atoms with van der Waals surface area (Å²) < 4.78 is 11.7. The number of aryl methyl sites for hydroxylation is 1. The summed E-state index contributed by atoms with van der Waals surface area (Å²) in [6, 6.07) is 11.1. The van der Waals surface area contributed by atoms with Crippen molar-refractivity contribution in [3.63, 3.8) is 0 Å². The first-order chi connectivity index (χ1) is 11.4. The first-order valence-electron chi connectivity index (χ1n) is 7.09. The van der Waals surface area contributed by atoms with Crippen LogP contribution in [0.1, 0.15) is 12.5 Å². The lowest BCUT2D eigenvalue weighted by atomic mass is 10.00. The molecule has 0 N–H and O–H groups in total. The molecule has 122 valence electrons. The molecule has 24 heavy (non-hydrogen) atoms. The Hall–Kier alpha value is -1.92. The molecule has 0 amide bonds. The maximum Gasteiger partial charge on any atom is 0.344 e. The number of hydrogen-bond donors (Lipinski definition) is 0. The molecule has 0 saturated carbocycles. The van der Waals surface area contributed by atoms with E-state index in [-0.39, 0.29) is 5.75 Å². The molecule has 0 aliphatic carbocycles. The number of fused-ring (bicyclic) bond motifs is 1. The van der Waals surface area contributed by atoms with Gasteiger partial charge in [0.1, 0.15) is 4.47 Å². The molecule has 0 spiro atoms. The Morgan fingerprint density at radius 2 is 1.83 bits per heavy atom. The molecule has 0 radical (unpaired) electrons. The Balaban J connectivity index is 2.35. The zero-order valence-electron chi connectivity index (χ0n) is 12.9. The Bertz CT molecular complexity index is 1010. The number of carbonyl (C=O) groups is 1. The molecule has 0 fully saturated rings. The lowest BCUT2D eigenvalue weighted by Gasteiger charge is -2.13. The Labute approximate surface area is 154 Å². The van der Waals surface area contributed by atoms with Gasteiger partial charge in [-0.05, 0) is 56.0 Å². The van der Waals surface area contributed by atoms with Crippen molar-refractivity contribution < 1.29 is 13.9 Å². The van der Waals surface area contributed by atoms with Crippen molar-refractivity contribution in [1.82, 2.24) is 0 Å². The Morgan fingerprint density at radius 3 is 2.46 bits per heavy atom. The molecule has 0 aliphatic rings. The van der Waals surface area contributed by atoms with Crippen LogP contribution < -0.4 is 10.4 Å². The van der Waals surface area contributed by atoms with Crippen LogP contribution in [0.5, 0.6) is 5.75 Å². The Kier molecular flexibility index (Phi) is 4.60. The summed E-state index contributed by atoms with van der Waals surface area (Å²) in [4.78, 5) is 23.8. The largest absolute Gasteiger partial charge is 0.424 e. The highest BCUT2D eigenvalue weighted by atomic mass is 79.9. The molecular weight excluding hydrogens is 440 g/mol. The zero-order valence-corrected chi connectivity index (χ0v) is 16.0. The summed E-state index contributed by atoms with van der Waals surface area (Å²) in [5, 5.41) is 0.753. The number of esters is 1. The van der Waals surface area contributed by atoms with Crippen molar-refractivity contribution in [3.05, 3.63) is 61.3 Å². The van der Waals surface area contributed by atoms with Crippen LogP contribution in [0.15, 0.2) is 54.6 Å². The van der Waals surface area contributed by atoms with Crippen molar-refractivity contribution in [2.24, 2.45) is 0 Å². The molecule has 6 heteroatoms. The minimum Gasteiger partial charge on any atom is -0.424 e. The van der Waals surface area contributed by atoms with Gasteiger partial charge in [0.05, 0.1) is 10.0 Å². The van der Waals surface area contributed by atoms with Crippen LogP contribution in [0.4, 0.5) is 0 Å². The van der Waals surface area contributed by atoms with Crippen LogP contribution in [0.3, 0.4) is 0 Å². The first kappa shape index (κ1) is 16.9. The SMILES string of the molecule is CC(=O)Oc1c(Br)cc2c(C)c(-c3ccccc3)c(=O)oc2c1Br. The molecule has 1 aromatic heterocycles. The van der Waals surface area contributed by atoms with Gasteiger partial charge in [0.25, 0.3) is 0 Å². The first-order valence-corrected chi connectivity index (χ1v) is 8.68. The monoisotopic (exact) mass is 450 g/mol. The van der Waals surface area contributed by atoms with Gasteiger partial charge in [0.2, 0.25) is 0 Å². The highest BCUT2D eigenvalue weighted by molar-refractivity contribution is 9.11. The number of carbonyl (C=O) groups excluding carboxylic acids is 1. The van der Waals surface area contributed by atoms with Crippen LogP contribution in [-0.2, 0) is 4.79 Å². The minimum atomic E-state index is -0.462. The smallest absolute Gasteiger partial charge is 0.344 e. The fourth-order valence-corrected chi connectivity index (χ4v) is 3.93. The van der Waals surface area contributed by atoms with E-state index in [0.717, 1.165) is 16.5 Å². The van der Waals surface area contributed by atoms with E-state index < -0.39 is 11.6 Å². The van der Waals surface area contributed by atoms with Crippen LogP contribution in [0, 0.1) is 6.92 Å². The standard InChI is InChI=1S/C18H12Br2O4/c1-9-12-8-13(19)17(23-10(2)21)15(20)16(12)24-18(22)14(9)11-6-4-3-5-7-11/h3-8H,1-2H3.